The lowest BCUT2D eigenvalue weighted by molar-refractivity contribution is -0.152. The largest absolute Gasteiger partial charge is 0.481 e. The molecule has 0 fully saturated rings. The van der Waals surface area contributed by atoms with Crippen molar-refractivity contribution in [2.75, 3.05) is 13.7 Å². The Morgan fingerprint density at radius 2 is 1.85 bits per heavy atom. The zero-order valence-corrected chi connectivity index (χ0v) is 19.6. The summed E-state index contributed by atoms with van der Waals surface area (Å²) in [5, 5.41) is 13.1. The molecule has 34 heavy (non-hydrogen) atoms. The van der Waals surface area contributed by atoms with Crippen LogP contribution >= 0.6 is 11.6 Å². The van der Waals surface area contributed by atoms with Gasteiger partial charge in [-0.15, -0.1) is 0 Å². The SMILES string of the molecule is COCC(C)(CC(Cc1ccc(-c2cc(Cl)ccc2F)cc1)NC(=O)c1ncccn1)C(=O)O. The molecule has 0 aliphatic rings. The number of methoxy groups -OCH3 is 1. The van der Waals surface area contributed by atoms with E-state index in [1.54, 1.807) is 31.2 Å². The van der Waals surface area contributed by atoms with Gasteiger partial charge in [0.25, 0.3) is 5.91 Å². The van der Waals surface area contributed by atoms with Gasteiger partial charge in [-0.25, -0.2) is 14.4 Å². The number of carbonyl (C=O) groups excluding carboxylic acids is 1. The molecule has 0 radical (unpaired) electrons. The molecule has 0 bridgehead atoms. The van der Waals surface area contributed by atoms with Gasteiger partial charge < -0.3 is 15.2 Å². The van der Waals surface area contributed by atoms with Crippen LogP contribution in [0.25, 0.3) is 11.1 Å². The van der Waals surface area contributed by atoms with Crippen molar-refractivity contribution in [3.05, 3.63) is 83.2 Å². The van der Waals surface area contributed by atoms with Gasteiger partial charge in [-0.1, -0.05) is 35.9 Å². The summed E-state index contributed by atoms with van der Waals surface area (Å²) >= 11 is 6.00. The maximum Gasteiger partial charge on any atom is 0.311 e. The van der Waals surface area contributed by atoms with Crippen molar-refractivity contribution in [1.29, 1.82) is 0 Å². The van der Waals surface area contributed by atoms with Gasteiger partial charge in [-0.2, -0.15) is 0 Å². The Kier molecular flexibility index (Phi) is 8.31. The number of carboxylic acids is 1. The van der Waals surface area contributed by atoms with Crippen molar-refractivity contribution in [3.8, 4) is 11.1 Å². The zero-order valence-electron chi connectivity index (χ0n) is 18.8. The average molecular weight is 486 g/mol. The van der Waals surface area contributed by atoms with E-state index in [1.807, 2.05) is 12.1 Å². The van der Waals surface area contributed by atoms with Gasteiger partial charge in [0.15, 0.2) is 0 Å². The fraction of sp³-hybridized carbons (Fsp3) is 0.280. The van der Waals surface area contributed by atoms with Crippen LogP contribution in [0.2, 0.25) is 5.02 Å². The number of halogens is 2. The molecule has 0 aliphatic carbocycles. The minimum absolute atomic E-state index is 0.0111. The molecule has 1 amide bonds. The van der Waals surface area contributed by atoms with E-state index in [2.05, 4.69) is 15.3 Å². The minimum Gasteiger partial charge on any atom is -0.481 e. The van der Waals surface area contributed by atoms with Crippen LogP contribution in [0.15, 0.2) is 60.9 Å². The van der Waals surface area contributed by atoms with Gasteiger partial charge >= 0.3 is 5.97 Å². The fourth-order valence-corrected chi connectivity index (χ4v) is 3.91. The van der Waals surface area contributed by atoms with E-state index in [0.717, 1.165) is 5.56 Å². The Bertz CT molecular complexity index is 1140. The van der Waals surface area contributed by atoms with Crippen molar-refractivity contribution in [3.63, 3.8) is 0 Å². The number of aliphatic carboxylic acids is 1. The number of nitrogens with one attached hydrogen (secondary N) is 1. The molecule has 1 aromatic heterocycles. The first-order valence-corrected chi connectivity index (χ1v) is 10.9. The lowest BCUT2D eigenvalue weighted by Gasteiger charge is -2.29. The van der Waals surface area contributed by atoms with Gasteiger partial charge in [-0.3, -0.25) is 9.59 Å². The highest BCUT2D eigenvalue weighted by atomic mass is 35.5. The van der Waals surface area contributed by atoms with Gasteiger partial charge in [0, 0.05) is 36.1 Å². The van der Waals surface area contributed by atoms with E-state index >= 15 is 0 Å². The maximum absolute atomic E-state index is 14.2. The highest BCUT2D eigenvalue weighted by Crippen LogP contribution is 2.28. The standard InChI is InChI=1S/C25H25ClFN3O4/c1-25(15-34-2,24(32)33)14-19(30-23(31)22-28-10-3-11-29-22)12-16-4-6-17(7-5-16)20-13-18(26)8-9-21(20)27/h3-11,13,19H,12,14-15H2,1-2H3,(H,30,31)(H,32,33). The Morgan fingerprint density at radius 1 is 1.18 bits per heavy atom. The number of hydrogen-bond acceptors (Lipinski definition) is 5. The van der Waals surface area contributed by atoms with Crippen LogP contribution in [-0.2, 0) is 16.0 Å². The third-order valence-electron chi connectivity index (χ3n) is 5.46. The van der Waals surface area contributed by atoms with Crippen LogP contribution in [0.5, 0.6) is 0 Å². The lowest BCUT2D eigenvalue weighted by Crippen LogP contribution is -2.44. The van der Waals surface area contributed by atoms with Crippen molar-refractivity contribution < 1.29 is 23.8 Å². The molecule has 0 saturated heterocycles. The Morgan fingerprint density at radius 3 is 2.47 bits per heavy atom. The first-order valence-electron chi connectivity index (χ1n) is 10.6. The Labute approximate surface area is 202 Å². The molecule has 3 aromatic rings. The summed E-state index contributed by atoms with van der Waals surface area (Å²) < 4.78 is 19.3. The Balaban J connectivity index is 1.84. The van der Waals surface area contributed by atoms with Crippen molar-refractivity contribution in [1.82, 2.24) is 15.3 Å². The summed E-state index contributed by atoms with van der Waals surface area (Å²) in [6.07, 6.45) is 3.36. The maximum atomic E-state index is 14.2. The molecule has 3 rings (SSSR count). The van der Waals surface area contributed by atoms with E-state index in [9.17, 15) is 19.1 Å². The first kappa shape index (κ1) is 25.3. The molecule has 2 N–H and O–H groups in total. The van der Waals surface area contributed by atoms with Crippen LogP contribution in [0.1, 0.15) is 29.5 Å². The normalized spacial score (nSPS) is 13.6. The minimum atomic E-state index is -1.23. The molecule has 7 nitrogen and oxygen atoms in total. The van der Waals surface area contributed by atoms with E-state index in [0.29, 0.717) is 22.6 Å². The molecule has 9 heteroatoms. The second kappa shape index (κ2) is 11.2. The van der Waals surface area contributed by atoms with Crippen LogP contribution in [0, 0.1) is 11.2 Å². The quantitative estimate of drug-likeness (QED) is 0.441. The first-order chi connectivity index (χ1) is 16.2. The van der Waals surface area contributed by atoms with Gasteiger partial charge in [-0.05, 0) is 55.2 Å². The summed E-state index contributed by atoms with van der Waals surface area (Å²) in [5.74, 6) is -1.94. The third kappa shape index (κ3) is 6.36. The third-order valence-corrected chi connectivity index (χ3v) is 5.69. The van der Waals surface area contributed by atoms with Gasteiger partial charge in [0.2, 0.25) is 5.82 Å². The van der Waals surface area contributed by atoms with Crippen LogP contribution in [0.4, 0.5) is 4.39 Å². The molecule has 2 unspecified atom stereocenters. The number of rotatable bonds is 10. The van der Waals surface area contributed by atoms with Crippen molar-refractivity contribution in [2.45, 2.75) is 25.8 Å². The van der Waals surface area contributed by atoms with Crippen LogP contribution in [0.3, 0.4) is 0 Å². The molecule has 0 spiro atoms. The van der Waals surface area contributed by atoms with E-state index < -0.39 is 23.3 Å². The molecular weight excluding hydrogens is 461 g/mol. The highest BCUT2D eigenvalue weighted by molar-refractivity contribution is 6.30. The van der Waals surface area contributed by atoms with E-state index in [4.69, 9.17) is 16.3 Å². The van der Waals surface area contributed by atoms with E-state index in [-0.39, 0.29) is 24.7 Å². The number of benzene rings is 2. The monoisotopic (exact) mass is 485 g/mol. The van der Waals surface area contributed by atoms with Crippen LogP contribution in [-0.4, -0.2) is 46.7 Å². The van der Waals surface area contributed by atoms with Gasteiger partial charge in [0.05, 0.1) is 12.0 Å². The topological polar surface area (TPSA) is 101 Å². The molecule has 1 heterocycles. The van der Waals surface area contributed by atoms with Gasteiger partial charge in [0.1, 0.15) is 5.82 Å². The summed E-state index contributed by atoms with van der Waals surface area (Å²) in [4.78, 5) is 32.6. The molecule has 0 saturated carbocycles. The Hall–Kier alpha value is -3.36. The number of amides is 1. The summed E-state index contributed by atoms with van der Waals surface area (Å²) in [7, 11) is 1.43. The number of nitrogens with zero attached hydrogens (tertiary/aromatic N) is 2. The fourth-order valence-electron chi connectivity index (χ4n) is 3.73. The number of aromatic nitrogens is 2. The second-order valence-corrected chi connectivity index (χ2v) is 8.71. The number of carbonyl (C=O) groups is 2. The summed E-state index contributed by atoms with van der Waals surface area (Å²) in [6, 6.07) is 12.5. The second-order valence-electron chi connectivity index (χ2n) is 8.27. The molecule has 2 aromatic carbocycles. The van der Waals surface area contributed by atoms with Crippen molar-refractivity contribution >= 4 is 23.5 Å². The van der Waals surface area contributed by atoms with Crippen molar-refractivity contribution in [2.24, 2.45) is 5.41 Å². The highest BCUT2D eigenvalue weighted by Gasteiger charge is 2.36. The molecule has 0 aliphatic heterocycles. The summed E-state index contributed by atoms with van der Waals surface area (Å²) in [5.41, 5.74) is 0.629. The number of ether oxygens (including phenoxy) is 1. The lowest BCUT2D eigenvalue weighted by atomic mass is 9.82. The zero-order chi connectivity index (χ0) is 24.7. The smallest absolute Gasteiger partial charge is 0.311 e. The molecule has 178 valence electrons. The average Bonchev–Trinajstić information content (AvgIpc) is 2.81. The molecule has 2 atom stereocenters. The summed E-state index contributed by atoms with van der Waals surface area (Å²) in [6.45, 7) is 1.55. The van der Waals surface area contributed by atoms with E-state index in [1.165, 1.54) is 31.6 Å². The molecular formula is C25H25ClFN3O4. The number of carboxylic acid groups (broad SMARTS) is 1. The predicted octanol–water partition coefficient (Wildman–Crippen LogP) is 4.40. The number of hydrogen-bond donors (Lipinski definition) is 2. The predicted molar refractivity (Wildman–Crippen MR) is 126 cm³/mol. The van der Waals surface area contributed by atoms with Crippen LogP contribution < -0.4 is 5.32 Å².